The van der Waals surface area contributed by atoms with Crippen molar-refractivity contribution in [3.05, 3.63) is 35.4 Å². The number of thiol groups is 1. The highest BCUT2D eigenvalue weighted by Gasteiger charge is 1.86. The van der Waals surface area contributed by atoms with Gasteiger partial charge in [-0.25, -0.2) is 0 Å². The molecule has 0 N–H and O–H groups in total. The van der Waals surface area contributed by atoms with Gasteiger partial charge in [0.05, 0.1) is 0 Å². The zero-order valence-corrected chi connectivity index (χ0v) is 8.14. The van der Waals surface area contributed by atoms with Gasteiger partial charge in [0.15, 0.2) is 0 Å². The first-order valence-corrected chi connectivity index (χ1v) is 4.66. The van der Waals surface area contributed by atoms with Gasteiger partial charge in [-0.3, -0.25) is 0 Å². The molecule has 0 unspecified atom stereocenters. The van der Waals surface area contributed by atoms with Gasteiger partial charge < -0.3 is 0 Å². The molecular weight excluding hydrogens is 176 g/mol. The molecular formula is C12H10S. The molecule has 0 saturated carbocycles. The molecule has 0 spiro atoms. The largest absolute Gasteiger partial charge is 0.178 e. The molecule has 0 aliphatic carbocycles. The van der Waals surface area contributed by atoms with Crippen molar-refractivity contribution in [2.45, 2.75) is 6.42 Å². The van der Waals surface area contributed by atoms with Crippen LogP contribution in [0, 0.1) is 24.2 Å². The van der Waals surface area contributed by atoms with E-state index >= 15 is 0 Å². The molecule has 0 heterocycles. The lowest BCUT2D eigenvalue weighted by atomic mass is 10.1. The van der Waals surface area contributed by atoms with E-state index in [2.05, 4.69) is 30.4 Å². The maximum absolute atomic E-state index is 5.23. The first kappa shape index (κ1) is 9.78. The predicted octanol–water partition coefficient (Wildman–Crippen LogP) is 2.34. The number of hydrogen-bond donors (Lipinski definition) is 1. The van der Waals surface area contributed by atoms with Crippen LogP contribution in [-0.2, 0) is 0 Å². The summed E-state index contributed by atoms with van der Waals surface area (Å²) in [6, 6.07) is 7.65. The van der Waals surface area contributed by atoms with Gasteiger partial charge in [-0.2, -0.15) is 12.6 Å². The van der Waals surface area contributed by atoms with E-state index in [4.69, 9.17) is 6.42 Å². The Hall–Kier alpha value is -1.31. The van der Waals surface area contributed by atoms with Crippen molar-refractivity contribution in [2.75, 3.05) is 5.75 Å². The van der Waals surface area contributed by atoms with E-state index in [-0.39, 0.29) is 0 Å². The van der Waals surface area contributed by atoms with Crippen LogP contribution in [0.4, 0.5) is 0 Å². The van der Waals surface area contributed by atoms with Gasteiger partial charge in [0.25, 0.3) is 0 Å². The smallest absolute Gasteiger partial charge is 0.0246 e. The molecule has 13 heavy (non-hydrogen) atoms. The maximum atomic E-state index is 5.23. The zero-order chi connectivity index (χ0) is 9.52. The van der Waals surface area contributed by atoms with Crippen LogP contribution in [0.2, 0.25) is 0 Å². The van der Waals surface area contributed by atoms with Crippen LogP contribution in [0.25, 0.3) is 0 Å². The average molecular weight is 186 g/mol. The van der Waals surface area contributed by atoms with Gasteiger partial charge in [0, 0.05) is 23.3 Å². The Bertz CT molecular complexity index is 357. The summed E-state index contributed by atoms with van der Waals surface area (Å²) < 4.78 is 0. The Kier molecular flexibility index (Phi) is 4.03. The van der Waals surface area contributed by atoms with Crippen molar-refractivity contribution in [1.29, 1.82) is 0 Å². The number of hydrogen-bond acceptors (Lipinski definition) is 1. The second-order valence-electron chi connectivity index (χ2n) is 2.50. The van der Waals surface area contributed by atoms with E-state index in [0.29, 0.717) is 0 Å². The summed E-state index contributed by atoms with van der Waals surface area (Å²) >= 11 is 4.07. The fourth-order valence-electron chi connectivity index (χ4n) is 0.870. The minimum absolute atomic E-state index is 0.801. The van der Waals surface area contributed by atoms with Crippen molar-refractivity contribution in [3.8, 4) is 24.2 Å². The predicted molar refractivity (Wildman–Crippen MR) is 59.7 cm³/mol. The van der Waals surface area contributed by atoms with Crippen molar-refractivity contribution in [2.24, 2.45) is 0 Å². The van der Waals surface area contributed by atoms with Gasteiger partial charge in [0.1, 0.15) is 0 Å². The highest BCUT2D eigenvalue weighted by atomic mass is 32.1. The van der Waals surface area contributed by atoms with Crippen molar-refractivity contribution < 1.29 is 0 Å². The molecule has 0 radical (unpaired) electrons. The molecule has 0 aliphatic rings. The van der Waals surface area contributed by atoms with E-state index in [1.54, 1.807) is 0 Å². The van der Waals surface area contributed by atoms with Gasteiger partial charge in [-0.15, -0.1) is 6.42 Å². The van der Waals surface area contributed by atoms with Crippen molar-refractivity contribution in [1.82, 2.24) is 0 Å². The zero-order valence-electron chi connectivity index (χ0n) is 7.25. The minimum atomic E-state index is 0.801. The topological polar surface area (TPSA) is 0 Å². The molecule has 0 atom stereocenters. The molecule has 0 aromatic heterocycles. The Morgan fingerprint density at radius 1 is 1.15 bits per heavy atom. The molecule has 1 aromatic rings. The van der Waals surface area contributed by atoms with Gasteiger partial charge in [-0.1, -0.05) is 17.8 Å². The molecule has 0 saturated heterocycles. The highest BCUT2D eigenvalue weighted by Crippen LogP contribution is 2.01. The lowest BCUT2D eigenvalue weighted by Crippen LogP contribution is -1.76. The molecule has 1 heteroatoms. The van der Waals surface area contributed by atoms with Crippen LogP contribution in [-0.4, -0.2) is 5.75 Å². The SMILES string of the molecule is C#Cc1ccc(C#CCCS)cc1. The fraction of sp³-hybridized carbons (Fsp3) is 0.167. The Morgan fingerprint density at radius 2 is 1.77 bits per heavy atom. The van der Waals surface area contributed by atoms with Crippen molar-refractivity contribution in [3.63, 3.8) is 0 Å². The maximum Gasteiger partial charge on any atom is 0.0246 e. The van der Waals surface area contributed by atoms with E-state index in [1.807, 2.05) is 24.3 Å². The lowest BCUT2D eigenvalue weighted by molar-refractivity contribution is 1.31. The summed E-state index contributed by atoms with van der Waals surface area (Å²) in [6.45, 7) is 0. The summed E-state index contributed by atoms with van der Waals surface area (Å²) in [5, 5.41) is 0. The third-order valence-electron chi connectivity index (χ3n) is 1.52. The van der Waals surface area contributed by atoms with Crippen LogP contribution in [0.1, 0.15) is 17.5 Å². The molecule has 0 aliphatic heterocycles. The van der Waals surface area contributed by atoms with Crippen LogP contribution >= 0.6 is 12.6 Å². The number of rotatable bonds is 1. The molecule has 1 aromatic carbocycles. The molecule has 0 bridgehead atoms. The molecule has 1 rings (SSSR count). The second-order valence-corrected chi connectivity index (χ2v) is 2.94. The lowest BCUT2D eigenvalue weighted by Gasteiger charge is -1.90. The molecule has 0 fully saturated rings. The summed E-state index contributed by atoms with van der Waals surface area (Å²) in [5.41, 5.74) is 1.89. The first-order chi connectivity index (χ1) is 6.36. The van der Waals surface area contributed by atoms with E-state index in [1.165, 1.54) is 0 Å². The van der Waals surface area contributed by atoms with Crippen LogP contribution in [0.5, 0.6) is 0 Å². The second kappa shape index (κ2) is 5.36. The third kappa shape index (κ3) is 3.28. The van der Waals surface area contributed by atoms with Crippen LogP contribution < -0.4 is 0 Å². The molecule has 0 nitrogen and oxygen atoms in total. The monoisotopic (exact) mass is 186 g/mol. The molecule has 64 valence electrons. The molecule has 0 amide bonds. The van der Waals surface area contributed by atoms with E-state index < -0.39 is 0 Å². The van der Waals surface area contributed by atoms with E-state index in [9.17, 15) is 0 Å². The van der Waals surface area contributed by atoms with Gasteiger partial charge >= 0.3 is 0 Å². The van der Waals surface area contributed by atoms with Gasteiger partial charge in [-0.05, 0) is 24.3 Å². The summed E-state index contributed by atoms with van der Waals surface area (Å²) in [4.78, 5) is 0. The first-order valence-electron chi connectivity index (χ1n) is 4.03. The fourth-order valence-corrected chi connectivity index (χ4v) is 0.982. The van der Waals surface area contributed by atoms with Crippen LogP contribution in [0.3, 0.4) is 0 Å². The van der Waals surface area contributed by atoms with Gasteiger partial charge in [0.2, 0.25) is 0 Å². The van der Waals surface area contributed by atoms with E-state index in [0.717, 1.165) is 23.3 Å². The third-order valence-corrected chi connectivity index (χ3v) is 1.74. The Morgan fingerprint density at radius 3 is 2.31 bits per heavy atom. The summed E-state index contributed by atoms with van der Waals surface area (Å²) in [6.07, 6.45) is 6.04. The minimum Gasteiger partial charge on any atom is -0.178 e. The summed E-state index contributed by atoms with van der Waals surface area (Å²) in [5.74, 6) is 9.40. The average Bonchev–Trinajstić information content (AvgIpc) is 2.19. The quantitative estimate of drug-likeness (QED) is 0.505. The Labute approximate surface area is 84.8 Å². The van der Waals surface area contributed by atoms with Crippen LogP contribution in [0.15, 0.2) is 24.3 Å². The number of terminal acetylenes is 1. The number of benzene rings is 1. The highest BCUT2D eigenvalue weighted by molar-refractivity contribution is 7.80. The van der Waals surface area contributed by atoms with Crippen molar-refractivity contribution >= 4 is 12.6 Å². The standard InChI is InChI=1S/C12H10S/c1-2-11-6-8-12(9-7-11)5-3-4-10-13/h1,6-9,13H,4,10H2. The Balaban J connectivity index is 2.72. The normalized spacial score (nSPS) is 8.31. The summed E-state index contributed by atoms with van der Waals surface area (Å²) in [7, 11) is 0.